The maximum atomic E-state index is 12.2. The summed E-state index contributed by atoms with van der Waals surface area (Å²) in [6.45, 7) is 1.99. The van der Waals surface area contributed by atoms with Gasteiger partial charge in [0.05, 0.1) is 6.20 Å². The van der Waals surface area contributed by atoms with Gasteiger partial charge in [0.2, 0.25) is 0 Å². The Morgan fingerprint density at radius 2 is 1.68 bits per heavy atom. The standard InChI is InChI=1S/C13H16N6O2.ClH/c14-13-16-8-10(17-13)12(21)19-6-4-18(5-7-19)11(20)9-2-1-3-15-9;/h1-3,8,15H,4-7H2,(H3,14,16,17);1H. The molecule has 9 heteroatoms. The molecule has 0 spiro atoms. The normalized spacial score (nSPS) is 14.5. The van der Waals surface area contributed by atoms with Crippen LogP contribution in [0.3, 0.4) is 0 Å². The van der Waals surface area contributed by atoms with Gasteiger partial charge in [-0.1, -0.05) is 0 Å². The third-order valence-corrected chi connectivity index (χ3v) is 3.51. The Kier molecular flexibility index (Phi) is 4.71. The fourth-order valence-corrected chi connectivity index (χ4v) is 2.36. The van der Waals surface area contributed by atoms with E-state index in [9.17, 15) is 9.59 Å². The van der Waals surface area contributed by atoms with Crippen molar-refractivity contribution in [3.63, 3.8) is 0 Å². The van der Waals surface area contributed by atoms with Gasteiger partial charge in [-0.25, -0.2) is 4.98 Å². The molecule has 1 aliphatic heterocycles. The molecule has 4 N–H and O–H groups in total. The number of carbonyl (C=O) groups excluding carboxylic acids is 2. The first-order valence-electron chi connectivity index (χ1n) is 6.67. The first-order valence-corrected chi connectivity index (χ1v) is 6.67. The second-order valence-corrected chi connectivity index (χ2v) is 4.85. The Hall–Kier alpha value is -2.48. The summed E-state index contributed by atoms with van der Waals surface area (Å²) in [5, 5.41) is 0. The van der Waals surface area contributed by atoms with E-state index in [1.807, 2.05) is 0 Å². The van der Waals surface area contributed by atoms with Gasteiger partial charge in [0.1, 0.15) is 11.4 Å². The second kappa shape index (κ2) is 6.52. The number of amides is 2. The number of nitrogens with one attached hydrogen (secondary N) is 2. The van der Waals surface area contributed by atoms with Crippen LogP contribution in [0.15, 0.2) is 24.5 Å². The van der Waals surface area contributed by atoms with E-state index in [4.69, 9.17) is 5.73 Å². The van der Waals surface area contributed by atoms with Crippen LogP contribution >= 0.6 is 12.4 Å². The average Bonchev–Trinajstić information content (AvgIpc) is 3.17. The Bertz CT molecular complexity index is 645. The van der Waals surface area contributed by atoms with Crippen LogP contribution in [0.2, 0.25) is 0 Å². The largest absolute Gasteiger partial charge is 0.369 e. The van der Waals surface area contributed by atoms with E-state index in [0.29, 0.717) is 37.6 Å². The number of aromatic amines is 2. The highest BCUT2D eigenvalue weighted by molar-refractivity contribution is 5.94. The van der Waals surface area contributed by atoms with Crippen LogP contribution in [0.5, 0.6) is 0 Å². The molecule has 2 amide bonds. The number of hydrogen-bond acceptors (Lipinski definition) is 4. The van der Waals surface area contributed by atoms with Crippen LogP contribution in [-0.2, 0) is 0 Å². The smallest absolute Gasteiger partial charge is 0.272 e. The van der Waals surface area contributed by atoms with Crippen molar-refractivity contribution in [2.45, 2.75) is 0 Å². The van der Waals surface area contributed by atoms with E-state index < -0.39 is 0 Å². The van der Waals surface area contributed by atoms with E-state index in [2.05, 4.69) is 15.0 Å². The highest BCUT2D eigenvalue weighted by Crippen LogP contribution is 2.10. The number of nitrogens with zero attached hydrogens (tertiary/aromatic N) is 3. The molecule has 8 nitrogen and oxygen atoms in total. The summed E-state index contributed by atoms with van der Waals surface area (Å²) in [5.41, 5.74) is 6.41. The lowest BCUT2D eigenvalue weighted by molar-refractivity contribution is 0.0530. The molecule has 118 valence electrons. The minimum atomic E-state index is -0.147. The first kappa shape index (κ1) is 15.9. The van der Waals surface area contributed by atoms with Gasteiger partial charge in [-0.15, -0.1) is 12.4 Å². The maximum Gasteiger partial charge on any atom is 0.272 e. The quantitative estimate of drug-likeness (QED) is 0.739. The van der Waals surface area contributed by atoms with Gasteiger partial charge < -0.3 is 25.5 Å². The number of hydrogen-bond donors (Lipinski definition) is 3. The number of piperazine rings is 1. The van der Waals surface area contributed by atoms with Gasteiger partial charge >= 0.3 is 0 Å². The van der Waals surface area contributed by atoms with E-state index in [1.165, 1.54) is 6.20 Å². The summed E-state index contributed by atoms with van der Waals surface area (Å²) in [6, 6.07) is 3.53. The Labute approximate surface area is 133 Å². The fourth-order valence-electron chi connectivity index (χ4n) is 2.36. The molecule has 0 aliphatic carbocycles. The van der Waals surface area contributed by atoms with Gasteiger partial charge in [0.15, 0.2) is 5.95 Å². The number of nitrogen functional groups attached to an aromatic ring is 1. The minimum absolute atomic E-state index is 0. The number of nitrogens with two attached hydrogens (primary N) is 1. The van der Waals surface area contributed by atoms with Crippen LogP contribution in [0.1, 0.15) is 21.0 Å². The number of H-pyrrole nitrogens is 2. The molecule has 22 heavy (non-hydrogen) atoms. The third kappa shape index (κ3) is 3.06. The Morgan fingerprint density at radius 1 is 1.09 bits per heavy atom. The Morgan fingerprint density at radius 3 is 2.14 bits per heavy atom. The van der Waals surface area contributed by atoms with Gasteiger partial charge in [-0.05, 0) is 12.1 Å². The summed E-state index contributed by atoms with van der Waals surface area (Å²) in [5.74, 6) is 0.0305. The van der Waals surface area contributed by atoms with E-state index >= 15 is 0 Å². The van der Waals surface area contributed by atoms with Crippen molar-refractivity contribution in [2.75, 3.05) is 31.9 Å². The highest BCUT2D eigenvalue weighted by atomic mass is 35.5. The zero-order chi connectivity index (χ0) is 14.8. The van der Waals surface area contributed by atoms with Crippen molar-refractivity contribution < 1.29 is 9.59 Å². The van der Waals surface area contributed by atoms with Gasteiger partial charge in [-0.3, -0.25) is 9.59 Å². The lowest BCUT2D eigenvalue weighted by Gasteiger charge is -2.34. The van der Waals surface area contributed by atoms with Crippen molar-refractivity contribution >= 4 is 30.2 Å². The number of carbonyl (C=O) groups is 2. The molecule has 0 saturated carbocycles. The Balaban J connectivity index is 0.00000176. The van der Waals surface area contributed by atoms with E-state index in [1.54, 1.807) is 28.1 Å². The molecular formula is C13H17ClN6O2. The molecule has 3 rings (SSSR count). The van der Waals surface area contributed by atoms with E-state index in [-0.39, 0.29) is 30.2 Å². The minimum Gasteiger partial charge on any atom is -0.369 e. The number of anilines is 1. The number of imidazole rings is 1. The van der Waals surface area contributed by atoms with Crippen LogP contribution in [0.25, 0.3) is 0 Å². The van der Waals surface area contributed by atoms with E-state index in [0.717, 1.165) is 0 Å². The first-order chi connectivity index (χ1) is 10.1. The van der Waals surface area contributed by atoms with Crippen LogP contribution in [0.4, 0.5) is 5.95 Å². The summed E-state index contributed by atoms with van der Waals surface area (Å²) in [7, 11) is 0. The van der Waals surface area contributed by atoms with Gasteiger partial charge in [0, 0.05) is 32.4 Å². The highest BCUT2D eigenvalue weighted by Gasteiger charge is 2.26. The molecule has 3 heterocycles. The molecule has 0 bridgehead atoms. The summed E-state index contributed by atoms with van der Waals surface area (Å²) >= 11 is 0. The SMILES string of the molecule is Cl.Nc1ncc(C(=O)N2CCN(C(=O)c3ccc[nH]3)CC2)[nH]1. The number of aromatic nitrogens is 3. The average molecular weight is 325 g/mol. The molecular weight excluding hydrogens is 308 g/mol. The maximum absolute atomic E-state index is 12.2. The van der Waals surface area contributed by atoms with Gasteiger partial charge in [0.25, 0.3) is 11.8 Å². The van der Waals surface area contributed by atoms with Gasteiger partial charge in [-0.2, -0.15) is 0 Å². The van der Waals surface area contributed by atoms with Crippen molar-refractivity contribution in [2.24, 2.45) is 0 Å². The van der Waals surface area contributed by atoms with Crippen LogP contribution in [-0.4, -0.2) is 62.7 Å². The van der Waals surface area contributed by atoms with Crippen molar-refractivity contribution in [1.82, 2.24) is 24.8 Å². The number of rotatable bonds is 2. The predicted octanol–water partition coefficient (Wildman–Crippen LogP) is 0.340. The van der Waals surface area contributed by atoms with Crippen molar-refractivity contribution in [1.29, 1.82) is 0 Å². The predicted molar refractivity (Wildman–Crippen MR) is 82.8 cm³/mol. The zero-order valence-electron chi connectivity index (χ0n) is 11.8. The lowest BCUT2D eigenvalue weighted by atomic mass is 10.2. The molecule has 0 aromatic carbocycles. The van der Waals surface area contributed by atoms with Crippen molar-refractivity contribution in [3.05, 3.63) is 35.9 Å². The zero-order valence-corrected chi connectivity index (χ0v) is 12.6. The summed E-state index contributed by atoms with van der Waals surface area (Å²) in [6.07, 6.45) is 3.14. The van der Waals surface area contributed by atoms with Crippen LogP contribution < -0.4 is 5.73 Å². The fraction of sp³-hybridized carbons (Fsp3) is 0.308. The second-order valence-electron chi connectivity index (χ2n) is 4.85. The monoisotopic (exact) mass is 324 g/mol. The van der Waals surface area contributed by atoms with Crippen molar-refractivity contribution in [3.8, 4) is 0 Å². The molecule has 0 atom stereocenters. The molecule has 1 fully saturated rings. The molecule has 2 aromatic heterocycles. The number of halogens is 1. The summed E-state index contributed by atoms with van der Waals surface area (Å²) < 4.78 is 0. The topological polar surface area (TPSA) is 111 Å². The molecule has 1 aliphatic rings. The van der Waals surface area contributed by atoms with Crippen LogP contribution in [0, 0.1) is 0 Å². The third-order valence-electron chi connectivity index (χ3n) is 3.51. The summed E-state index contributed by atoms with van der Waals surface area (Å²) in [4.78, 5) is 37.2. The lowest BCUT2D eigenvalue weighted by Crippen LogP contribution is -2.50. The molecule has 1 saturated heterocycles. The molecule has 0 unspecified atom stereocenters. The molecule has 2 aromatic rings. The molecule has 0 radical (unpaired) electrons.